The largest absolute Gasteiger partial charge is 0.387 e. The highest BCUT2D eigenvalue weighted by atomic mass is 32.2. The van der Waals surface area contributed by atoms with Crippen LogP contribution < -0.4 is 0 Å². The maximum atomic E-state index is 10.2. The number of hydrogen-bond donors (Lipinski definition) is 1. The van der Waals surface area contributed by atoms with Gasteiger partial charge in [-0.2, -0.15) is 0 Å². The first-order valence-corrected chi connectivity index (χ1v) is 6.25. The Balaban J connectivity index is 2.18. The molecule has 2 rings (SSSR count). The zero-order valence-corrected chi connectivity index (χ0v) is 10.00. The predicted octanol–water partition coefficient (Wildman–Crippen LogP) is 1.90. The van der Waals surface area contributed by atoms with Crippen LogP contribution in [0.15, 0.2) is 24.3 Å². The van der Waals surface area contributed by atoms with E-state index in [9.17, 15) is 5.11 Å². The summed E-state index contributed by atoms with van der Waals surface area (Å²) >= 11 is 1.85. The van der Waals surface area contributed by atoms with Crippen molar-refractivity contribution in [3.05, 3.63) is 35.4 Å². The molecular weight excluding hydrogens is 206 g/mol. The molecule has 1 N–H and O–H groups in total. The Hall–Kier alpha value is -0.510. The fraction of sp³-hybridized carbons (Fsp3) is 0.500. The summed E-state index contributed by atoms with van der Waals surface area (Å²) in [7, 11) is 4.10. The number of aliphatic hydroxyl groups excluding tert-OH is 1. The Morgan fingerprint density at radius 3 is 2.87 bits per heavy atom. The Morgan fingerprint density at radius 1 is 1.40 bits per heavy atom. The number of rotatable bonds is 2. The normalized spacial score (nSPS) is 25.3. The first-order valence-electron chi connectivity index (χ1n) is 5.20. The lowest BCUT2D eigenvalue weighted by Gasteiger charge is -2.31. The summed E-state index contributed by atoms with van der Waals surface area (Å²) < 4.78 is 0. The van der Waals surface area contributed by atoms with Crippen molar-refractivity contribution in [2.75, 3.05) is 20.6 Å². The zero-order chi connectivity index (χ0) is 10.8. The third-order valence-corrected chi connectivity index (χ3v) is 4.04. The van der Waals surface area contributed by atoms with E-state index in [1.807, 2.05) is 44.1 Å². The lowest BCUT2D eigenvalue weighted by atomic mass is 10.00. The monoisotopic (exact) mass is 223 g/mol. The van der Waals surface area contributed by atoms with Crippen molar-refractivity contribution >= 4 is 11.8 Å². The number of hydrogen-bond acceptors (Lipinski definition) is 3. The highest BCUT2D eigenvalue weighted by Gasteiger charge is 2.28. The van der Waals surface area contributed by atoms with Gasteiger partial charge < -0.3 is 10.0 Å². The molecule has 0 amide bonds. The molecule has 1 heterocycles. The van der Waals surface area contributed by atoms with Gasteiger partial charge in [0.15, 0.2) is 0 Å². The van der Waals surface area contributed by atoms with E-state index in [-0.39, 0.29) is 6.10 Å². The molecule has 0 bridgehead atoms. The standard InChI is InChI=1S/C12H17NOS/c1-13(2)7-11-12(14)10-6-4-3-5-9(10)8-15-11/h3-6,11-12,14H,7-8H2,1-2H3/t11-,12-/m0/s1. The van der Waals surface area contributed by atoms with Crippen LogP contribution in [0, 0.1) is 0 Å². The Labute approximate surface area is 95.3 Å². The number of benzene rings is 1. The van der Waals surface area contributed by atoms with Gasteiger partial charge in [0.1, 0.15) is 0 Å². The first kappa shape index (κ1) is 11.0. The van der Waals surface area contributed by atoms with Crippen LogP contribution >= 0.6 is 11.8 Å². The van der Waals surface area contributed by atoms with Crippen LogP contribution in [0.3, 0.4) is 0 Å². The lowest BCUT2D eigenvalue weighted by Crippen LogP contribution is -2.31. The van der Waals surface area contributed by atoms with Crippen molar-refractivity contribution in [2.24, 2.45) is 0 Å². The average Bonchev–Trinajstić information content (AvgIpc) is 2.22. The molecule has 1 aliphatic rings. The van der Waals surface area contributed by atoms with Gasteiger partial charge in [-0.3, -0.25) is 0 Å². The van der Waals surface area contributed by atoms with E-state index in [0.717, 1.165) is 17.9 Å². The van der Waals surface area contributed by atoms with Gasteiger partial charge in [-0.15, -0.1) is 11.8 Å². The van der Waals surface area contributed by atoms with Crippen LogP contribution in [-0.4, -0.2) is 35.9 Å². The minimum absolute atomic E-state index is 0.301. The molecule has 0 aliphatic carbocycles. The second-order valence-electron chi connectivity index (χ2n) is 4.26. The van der Waals surface area contributed by atoms with E-state index in [1.54, 1.807) is 0 Å². The molecule has 2 nitrogen and oxygen atoms in total. The van der Waals surface area contributed by atoms with Gasteiger partial charge in [0.2, 0.25) is 0 Å². The van der Waals surface area contributed by atoms with Crippen LogP contribution in [0.5, 0.6) is 0 Å². The number of nitrogens with zero attached hydrogens (tertiary/aromatic N) is 1. The fourth-order valence-electron chi connectivity index (χ4n) is 1.95. The van der Waals surface area contributed by atoms with Crippen LogP contribution in [0.4, 0.5) is 0 Å². The van der Waals surface area contributed by atoms with E-state index in [4.69, 9.17) is 0 Å². The molecule has 0 saturated carbocycles. The van der Waals surface area contributed by atoms with E-state index in [0.29, 0.717) is 5.25 Å². The lowest BCUT2D eigenvalue weighted by molar-refractivity contribution is 0.158. The topological polar surface area (TPSA) is 23.5 Å². The van der Waals surface area contributed by atoms with E-state index in [2.05, 4.69) is 11.0 Å². The highest BCUT2D eigenvalue weighted by molar-refractivity contribution is 7.99. The maximum Gasteiger partial charge on any atom is 0.0924 e. The van der Waals surface area contributed by atoms with Crippen molar-refractivity contribution < 1.29 is 5.11 Å². The van der Waals surface area contributed by atoms with Gasteiger partial charge in [-0.1, -0.05) is 24.3 Å². The second-order valence-corrected chi connectivity index (χ2v) is 5.48. The Bertz CT molecular complexity index is 340. The summed E-state index contributed by atoms with van der Waals surface area (Å²) in [5, 5.41) is 10.5. The predicted molar refractivity (Wildman–Crippen MR) is 65.0 cm³/mol. The van der Waals surface area contributed by atoms with E-state index < -0.39 is 0 Å². The van der Waals surface area contributed by atoms with Crippen LogP contribution in [0.25, 0.3) is 0 Å². The van der Waals surface area contributed by atoms with Crippen LogP contribution in [0.2, 0.25) is 0 Å². The quantitative estimate of drug-likeness (QED) is 0.828. The van der Waals surface area contributed by atoms with Gasteiger partial charge in [-0.05, 0) is 25.2 Å². The van der Waals surface area contributed by atoms with Gasteiger partial charge in [0.25, 0.3) is 0 Å². The molecule has 0 aromatic heterocycles. The molecule has 3 heteroatoms. The number of fused-ring (bicyclic) bond motifs is 1. The summed E-state index contributed by atoms with van der Waals surface area (Å²) in [5.41, 5.74) is 2.40. The SMILES string of the molecule is CN(C)C[C@@H]1SCc2ccccc2[C@@H]1O. The van der Waals surface area contributed by atoms with Crippen molar-refractivity contribution in [3.63, 3.8) is 0 Å². The molecule has 15 heavy (non-hydrogen) atoms. The molecule has 0 saturated heterocycles. The Kier molecular flexibility index (Phi) is 3.34. The molecule has 0 radical (unpaired) electrons. The number of aliphatic hydroxyl groups is 1. The molecular formula is C12H17NOS. The average molecular weight is 223 g/mol. The first-order chi connectivity index (χ1) is 7.18. The summed E-state index contributed by atoms with van der Waals surface area (Å²) in [6, 6.07) is 8.20. The van der Waals surface area contributed by atoms with E-state index in [1.165, 1.54) is 5.56 Å². The van der Waals surface area contributed by atoms with Crippen LogP contribution in [-0.2, 0) is 5.75 Å². The van der Waals surface area contributed by atoms with Crippen LogP contribution in [0.1, 0.15) is 17.2 Å². The minimum atomic E-state index is -0.317. The third-order valence-electron chi connectivity index (χ3n) is 2.72. The summed E-state index contributed by atoms with van der Waals surface area (Å²) in [4.78, 5) is 2.13. The summed E-state index contributed by atoms with van der Waals surface area (Å²) in [6.07, 6.45) is -0.317. The van der Waals surface area contributed by atoms with E-state index >= 15 is 0 Å². The summed E-state index contributed by atoms with van der Waals surface area (Å²) in [6.45, 7) is 0.931. The smallest absolute Gasteiger partial charge is 0.0924 e. The molecule has 0 unspecified atom stereocenters. The maximum absolute atomic E-state index is 10.2. The molecule has 1 aromatic carbocycles. The fourth-order valence-corrected chi connectivity index (χ4v) is 3.34. The van der Waals surface area contributed by atoms with Gasteiger partial charge in [0.05, 0.1) is 6.10 Å². The minimum Gasteiger partial charge on any atom is -0.387 e. The van der Waals surface area contributed by atoms with Gasteiger partial charge >= 0.3 is 0 Å². The molecule has 1 aliphatic heterocycles. The van der Waals surface area contributed by atoms with Crippen molar-refractivity contribution in [1.82, 2.24) is 4.90 Å². The van der Waals surface area contributed by atoms with Gasteiger partial charge in [0, 0.05) is 17.5 Å². The molecule has 0 fully saturated rings. The van der Waals surface area contributed by atoms with Crippen molar-refractivity contribution in [2.45, 2.75) is 17.1 Å². The molecule has 0 spiro atoms. The zero-order valence-electron chi connectivity index (χ0n) is 9.18. The third kappa shape index (κ3) is 2.36. The molecule has 2 atom stereocenters. The highest BCUT2D eigenvalue weighted by Crippen LogP contribution is 2.37. The molecule has 1 aromatic rings. The second kappa shape index (κ2) is 4.56. The van der Waals surface area contributed by atoms with Crippen molar-refractivity contribution in [1.29, 1.82) is 0 Å². The van der Waals surface area contributed by atoms with Gasteiger partial charge in [-0.25, -0.2) is 0 Å². The number of thioether (sulfide) groups is 1. The summed E-state index contributed by atoms with van der Waals surface area (Å²) in [5.74, 6) is 1.02. The molecule has 82 valence electrons. The Morgan fingerprint density at radius 2 is 2.13 bits per heavy atom. The van der Waals surface area contributed by atoms with Crippen molar-refractivity contribution in [3.8, 4) is 0 Å².